The van der Waals surface area contributed by atoms with Gasteiger partial charge >= 0.3 is 0 Å². The molecule has 0 amide bonds. The molecule has 0 heteroatoms. The van der Waals surface area contributed by atoms with E-state index in [1.165, 1.54) is 59.1 Å². The van der Waals surface area contributed by atoms with Gasteiger partial charge in [0.25, 0.3) is 0 Å². The standard InChI is InChI=1S/C14H24.C12H14.C10H14/c1-6-14(7-2)9-13(10-14)12(5)8-11(3)4;1-5-11-7-6-10(4)12(8-11)9(2)3;1-8(2)10-7-5-4-6-9(10)3/h8,13H,3,6-7,9-10H2,1-2,4-5H3;5-8H,1-2H2,3-4H3;4-8H,1-3H3/b12-8+;;. The zero-order chi connectivity index (χ0) is 27.5. The summed E-state index contributed by atoms with van der Waals surface area (Å²) in [5, 5.41) is 0. The van der Waals surface area contributed by atoms with Crippen molar-refractivity contribution >= 4 is 11.6 Å². The zero-order valence-electron chi connectivity index (χ0n) is 24.8. The third-order valence-electron chi connectivity index (χ3n) is 7.74. The van der Waals surface area contributed by atoms with E-state index < -0.39 is 0 Å². The summed E-state index contributed by atoms with van der Waals surface area (Å²) in [4.78, 5) is 0. The lowest BCUT2D eigenvalue weighted by molar-refractivity contribution is 0.0667. The minimum Gasteiger partial charge on any atom is -0.0985 e. The SMILES string of the molecule is C=C(C)/C=C(\C)C1CC(CC)(CC)C1.C=Cc1ccc(C)c(C(=C)C)c1.Cc1ccccc1C(C)C. The molecule has 196 valence electrons. The molecular formula is C36H52. The third kappa shape index (κ3) is 9.45. The highest BCUT2D eigenvalue weighted by molar-refractivity contribution is 5.67. The molecule has 0 radical (unpaired) electrons. The second-order valence-corrected chi connectivity index (χ2v) is 11.1. The maximum Gasteiger partial charge on any atom is -0.0192 e. The van der Waals surface area contributed by atoms with Crippen LogP contribution in [-0.4, -0.2) is 0 Å². The molecule has 0 saturated heterocycles. The summed E-state index contributed by atoms with van der Waals surface area (Å²) in [6.07, 6.45) is 9.59. The number of rotatable bonds is 7. The Morgan fingerprint density at radius 1 is 0.944 bits per heavy atom. The van der Waals surface area contributed by atoms with Crippen molar-refractivity contribution in [3.63, 3.8) is 0 Å². The minimum absolute atomic E-state index is 0.654. The lowest BCUT2D eigenvalue weighted by Crippen LogP contribution is -2.36. The molecule has 0 nitrogen and oxygen atoms in total. The fourth-order valence-corrected chi connectivity index (χ4v) is 5.10. The predicted molar refractivity (Wildman–Crippen MR) is 166 cm³/mol. The summed E-state index contributed by atoms with van der Waals surface area (Å²) in [6.45, 7) is 31.3. The first kappa shape index (κ1) is 31.4. The molecule has 0 N–H and O–H groups in total. The van der Waals surface area contributed by atoms with Gasteiger partial charge in [0.2, 0.25) is 0 Å². The van der Waals surface area contributed by atoms with Crippen LogP contribution < -0.4 is 0 Å². The second kappa shape index (κ2) is 14.8. The minimum atomic E-state index is 0.654. The van der Waals surface area contributed by atoms with Crippen molar-refractivity contribution in [3.8, 4) is 0 Å². The lowest BCUT2D eigenvalue weighted by Gasteiger charge is -2.48. The van der Waals surface area contributed by atoms with E-state index in [-0.39, 0.29) is 0 Å². The largest absolute Gasteiger partial charge is 0.0985 e. The molecule has 3 rings (SSSR count). The van der Waals surface area contributed by atoms with Gasteiger partial charge in [-0.1, -0.05) is 126 Å². The van der Waals surface area contributed by atoms with E-state index in [1.807, 2.05) is 13.0 Å². The molecule has 1 saturated carbocycles. The van der Waals surface area contributed by atoms with E-state index >= 15 is 0 Å². The van der Waals surface area contributed by atoms with Gasteiger partial charge in [0, 0.05) is 0 Å². The van der Waals surface area contributed by atoms with Crippen molar-refractivity contribution in [1.82, 2.24) is 0 Å². The Labute approximate surface area is 223 Å². The Hall–Kier alpha value is -2.60. The molecule has 2 aromatic carbocycles. The number of hydrogen-bond acceptors (Lipinski definition) is 0. The lowest BCUT2D eigenvalue weighted by atomic mass is 9.57. The first-order chi connectivity index (χ1) is 16.9. The quantitative estimate of drug-likeness (QED) is 0.343. The number of benzene rings is 2. The zero-order valence-corrected chi connectivity index (χ0v) is 24.8. The van der Waals surface area contributed by atoms with Gasteiger partial charge in [-0.15, -0.1) is 0 Å². The van der Waals surface area contributed by atoms with Gasteiger partial charge in [-0.25, -0.2) is 0 Å². The van der Waals surface area contributed by atoms with E-state index in [4.69, 9.17) is 0 Å². The van der Waals surface area contributed by atoms with Crippen LogP contribution in [0.2, 0.25) is 0 Å². The Morgan fingerprint density at radius 3 is 1.94 bits per heavy atom. The van der Waals surface area contributed by atoms with Crippen LogP contribution in [-0.2, 0) is 0 Å². The van der Waals surface area contributed by atoms with Gasteiger partial charge in [-0.3, -0.25) is 0 Å². The molecule has 0 bridgehead atoms. The van der Waals surface area contributed by atoms with Gasteiger partial charge in [-0.05, 0) is 98.6 Å². The van der Waals surface area contributed by atoms with Crippen LogP contribution >= 0.6 is 0 Å². The van der Waals surface area contributed by atoms with Crippen molar-refractivity contribution in [2.24, 2.45) is 11.3 Å². The van der Waals surface area contributed by atoms with Crippen molar-refractivity contribution < 1.29 is 0 Å². The number of allylic oxidation sites excluding steroid dienone is 4. The Morgan fingerprint density at radius 2 is 1.53 bits per heavy atom. The monoisotopic (exact) mass is 484 g/mol. The van der Waals surface area contributed by atoms with Gasteiger partial charge < -0.3 is 0 Å². The van der Waals surface area contributed by atoms with E-state index in [9.17, 15) is 0 Å². The fraction of sp³-hybridized carbons (Fsp3) is 0.444. The molecule has 2 aromatic rings. The second-order valence-electron chi connectivity index (χ2n) is 11.1. The van der Waals surface area contributed by atoms with E-state index in [0.717, 1.165) is 17.1 Å². The molecule has 0 heterocycles. The molecular weight excluding hydrogens is 432 g/mol. The third-order valence-corrected chi connectivity index (χ3v) is 7.74. The molecule has 0 aromatic heterocycles. The summed E-state index contributed by atoms with van der Waals surface area (Å²) in [6, 6.07) is 14.8. The highest BCUT2D eigenvalue weighted by Crippen LogP contribution is 2.53. The van der Waals surface area contributed by atoms with E-state index in [0.29, 0.717) is 11.3 Å². The highest BCUT2D eigenvalue weighted by Gasteiger charge is 2.41. The van der Waals surface area contributed by atoms with Crippen LogP contribution in [0.15, 0.2) is 79.4 Å². The molecule has 0 atom stereocenters. The number of hydrogen-bond donors (Lipinski definition) is 0. The molecule has 0 aliphatic heterocycles. The van der Waals surface area contributed by atoms with Crippen LogP contribution in [0.1, 0.15) is 108 Å². The van der Waals surface area contributed by atoms with Crippen LogP contribution in [0, 0.1) is 25.2 Å². The number of aryl methyl sites for hydroxylation is 2. The van der Waals surface area contributed by atoms with Crippen LogP contribution in [0.3, 0.4) is 0 Å². The fourth-order valence-electron chi connectivity index (χ4n) is 5.10. The first-order valence-corrected chi connectivity index (χ1v) is 13.7. The van der Waals surface area contributed by atoms with Crippen molar-refractivity contribution in [2.75, 3.05) is 0 Å². The summed E-state index contributed by atoms with van der Waals surface area (Å²) in [7, 11) is 0. The normalized spacial score (nSPS) is 14.6. The highest BCUT2D eigenvalue weighted by atomic mass is 14.5. The summed E-state index contributed by atoms with van der Waals surface area (Å²) < 4.78 is 0. The molecule has 1 aliphatic rings. The van der Waals surface area contributed by atoms with Crippen LogP contribution in [0.4, 0.5) is 0 Å². The summed E-state index contributed by atoms with van der Waals surface area (Å²) in [5.41, 5.74) is 11.0. The topological polar surface area (TPSA) is 0 Å². The Balaban J connectivity index is 0.000000274. The average molecular weight is 485 g/mol. The molecule has 1 aliphatic carbocycles. The van der Waals surface area contributed by atoms with E-state index in [2.05, 4.69) is 124 Å². The summed E-state index contributed by atoms with van der Waals surface area (Å²) >= 11 is 0. The average Bonchev–Trinajstić information content (AvgIpc) is 2.80. The maximum atomic E-state index is 3.94. The van der Waals surface area contributed by atoms with E-state index in [1.54, 1.807) is 0 Å². The van der Waals surface area contributed by atoms with Gasteiger partial charge in [0.15, 0.2) is 0 Å². The van der Waals surface area contributed by atoms with Crippen molar-refractivity contribution in [1.29, 1.82) is 0 Å². The molecule has 0 unspecified atom stereocenters. The van der Waals surface area contributed by atoms with Crippen molar-refractivity contribution in [2.45, 2.75) is 93.9 Å². The van der Waals surface area contributed by atoms with Gasteiger partial charge in [0.05, 0.1) is 0 Å². The van der Waals surface area contributed by atoms with Crippen LogP contribution in [0.25, 0.3) is 11.6 Å². The first-order valence-electron chi connectivity index (χ1n) is 13.7. The molecule has 1 fully saturated rings. The maximum absolute atomic E-state index is 3.94. The van der Waals surface area contributed by atoms with Gasteiger partial charge in [0.1, 0.15) is 0 Å². The Kier molecular flexibility index (Phi) is 13.0. The molecule has 0 spiro atoms. The Bertz CT molecular complexity index is 1030. The molecule has 36 heavy (non-hydrogen) atoms. The van der Waals surface area contributed by atoms with Crippen LogP contribution in [0.5, 0.6) is 0 Å². The predicted octanol–water partition coefficient (Wildman–Crippen LogP) is 11.5. The summed E-state index contributed by atoms with van der Waals surface area (Å²) in [5.74, 6) is 1.49. The van der Waals surface area contributed by atoms with Gasteiger partial charge in [-0.2, -0.15) is 0 Å². The smallest absolute Gasteiger partial charge is 0.0192 e. The van der Waals surface area contributed by atoms with Crippen molar-refractivity contribution in [3.05, 3.63) is 107 Å².